The van der Waals surface area contributed by atoms with E-state index in [1.54, 1.807) is 19.2 Å². The molecule has 0 saturated heterocycles. The molecule has 3 aromatic rings. The SMILES string of the molecule is COc1cc(CNc2ccc(C)cc2)cc(Br)c1OCc1ccc(Cl)cc1Cl. The summed E-state index contributed by atoms with van der Waals surface area (Å²) in [6, 6.07) is 17.6. The number of anilines is 1. The van der Waals surface area contributed by atoms with Crippen LogP contribution < -0.4 is 14.8 Å². The summed E-state index contributed by atoms with van der Waals surface area (Å²) >= 11 is 15.8. The summed E-state index contributed by atoms with van der Waals surface area (Å²) < 4.78 is 12.3. The normalized spacial score (nSPS) is 10.6. The molecule has 1 N–H and O–H groups in total. The van der Waals surface area contributed by atoms with E-state index in [0.29, 0.717) is 34.7 Å². The van der Waals surface area contributed by atoms with Crippen LogP contribution in [0.25, 0.3) is 0 Å². The first-order chi connectivity index (χ1) is 13.5. The van der Waals surface area contributed by atoms with E-state index in [2.05, 4.69) is 52.4 Å². The zero-order chi connectivity index (χ0) is 20.1. The van der Waals surface area contributed by atoms with Gasteiger partial charge in [-0.3, -0.25) is 0 Å². The van der Waals surface area contributed by atoms with Crippen molar-refractivity contribution in [1.29, 1.82) is 0 Å². The van der Waals surface area contributed by atoms with Gasteiger partial charge in [0.2, 0.25) is 0 Å². The molecular weight excluding hydrogens is 461 g/mol. The van der Waals surface area contributed by atoms with Crippen LogP contribution >= 0.6 is 39.1 Å². The van der Waals surface area contributed by atoms with E-state index in [-0.39, 0.29) is 0 Å². The molecule has 0 heterocycles. The third kappa shape index (κ3) is 5.34. The topological polar surface area (TPSA) is 30.5 Å². The second-order valence-electron chi connectivity index (χ2n) is 6.35. The molecule has 6 heteroatoms. The molecule has 0 aliphatic heterocycles. The molecule has 3 nitrogen and oxygen atoms in total. The summed E-state index contributed by atoms with van der Waals surface area (Å²) in [5, 5.41) is 4.58. The van der Waals surface area contributed by atoms with Crippen molar-refractivity contribution in [3.63, 3.8) is 0 Å². The van der Waals surface area contributed by atoms with Gasteiger partial charge in [-0.2, -0.15) is 0 Å². The molecule has 0 aliphatic carbocycles. The van der Waals surface area contributed by atoms with Crippen LogP contribution in [-0.2, 0) is 13.2 Å². The number of hydrogen-bond donors (Lipinski definition) is 1. The van der Waals surface area contributed by atoms with E-state index in [1.807, 2.05) is 18.2 Å². The Hall–Kier alpha value is -1.88. The van der Waals surface area contributed by atoms with E-state index in [4.69, 9.17) is 32.7 Å². The van der Waals surface area contributed by atoms with Gasteiger partial charge in [-0.15, -0.1) is 0 Å². The minimum Gasteiger partial charge on any atom is -0.493 e. The van der Waals surface area contributed by atoms with E-state index in [1.165, 1.54) is 5.56 Å². The Morgan fingerprint density at radius 3 is 2.43 bits per heavy atom. The number of halogens is 3. The van der Waals surface area contributed by atoms with Crippen molar-refractivity contribution in [2.75, 3.05) is 12.4 Å². The Morgan fingerprint density at radius 1 is 1.00 bits per heavy atom. The number of methoxy groups -OCH3 is 1. The van der Waals surface area contributed by atoms with Crippen LogP contribution in [0, 0.1) is 6.92 Å². The Kier molecular flexibility index (Phi) is 7.11. The monoisotopic (exact) mass is 479 g/mol. The van der Waals surface area contributed by atoms with Crippen LogP contribution in [0.3, 0.4) is 0 Å². The van der Waals surface area contributed by atoms with Crippen molar-refractivity contribution in [3.05, 3.63) is 85.8 Å². The summed E-state index contributed by atoms with van der Waals surface area (Å²) in [6.45, 7) is 3.05. The zero-order valence-corrected chi connectivity index (χ0v) is 18.7. The lowest BCUT2D eigenvalue weighted by atomic mass is 10.1. The van der Waals surface area contributed by atoms with Crippen molar-refractivity contribution in [1.82, 2.24) is 0 Å². The first-order valence-corrected chi connectivity index (χ1v) is 10.2. The fourth-order valence-electron chi connectivity index (χ4n) is 2.68. The van der Waals surface area contributed by atoms with Crippen LogP contribution in [-0.4, -0.2) is 7.11 Å². The maximum absolute atomic E-state index is 6.23. The van der Waals surface area contributed by atoms with Crippen molar-refractivity contribution in [3.8, 4) is 11.5 Å². The van der Waals surface area contributed by atoms with Crippen molar-refractivity contribution in [2.45, 2.75) is 20.1 Å². The molecule has 0 bridgehead atoms. The predicted octanol–water partition coefficient (Wildman–Crippen LogP) is 7.26. The first-order valence-electron chi connectivity index (χ1n) is 8.70. The van der Waals surface area contributed by atoms with Gasteiger partial charge in [0, 0.05) is 27.8 Å². The molecule has 0 aromatic heterocycles. The van der Waals surface area contributed by atoms with Gasteiger partial charge in [-0.1, -0.05) is 47.0 Å². The summed E-state index contributed by atoms with van der Waals surface area (Å²) in [5.74, 6) is 1.28. The average molecular weight is 481 g/mol. The van der Waals surface area contributed by atoms with Gasteiger partial charge < -0.3 is 14.8 Å². The minimum atomic E-state index is 0.311. The summed E-state index contributed by atoms with van der Waals surface area (Å²) in [4.78, 5) is 0. The largest absolute Gasteiger partial charge is 0.493 e. The maximum Gasteiger partial charge on any atom is 0.175 e. The molecular formula is C22H20BrCl2NO2. The Balaban J connectivity index is 1.72. The van der Waals surface area contributed by atoms with Gasteiger partial charge in [0.15, 0.2) is 11.5 Å². The lowest BCUT2D eigenvalue weighted by Crippen LogP contribution is -2.03. The third-order valence-electron chi connectivity index (χ3n) is 4.22. The van der Waals surface area contributed by atoms with Crippen molar-refractivity contribution >= 4 is 44.8 Å². The number of ether oxygens (including phenoxy) is 2. The van der Waals surface area contributed by atoms with Crippen LogP contribution in [0.4, 0.5) is 5.69 Å². The summed E-state index contributed by atoms with van der Waals surface area (Å²) in [6.07, 6.45) is 0. The number of rotatable bonds is 7. The first kappa shape index (κ1) is 20.8. The Morgan fingerprint density at radius 2 is 1.75 bits per heavy atom. The van der Waals surface area contributed by atoms with Crippen molar-refractivity contribution < 1.29 is 9.47 Å². The van der Waals surface area contributed by atoms with Gasteiger partial charge >= 0.3 is 0 Å². The molecule has 0 atom stereocenters. The Labute approximate surface area is 183 Å². The Bertz CT molecular complexity index is 961. The fraction of sp³-hybridized carbons (Fsp3) is 0.182. The second kappa shape index (κ2) is 9.55. The summed E-state index contributed by atoms with van der Waals surface area (Å²) in [5.41, 5.74) is 4.22. The summed E-state index contributed by atoms with van der Waals surface area (Å²) in [7, 11) is 1.63. The van der Waals surface area contributed by atoms with E-state index < -0.39 is 0 Å². The molecule has 0 saturated carbocycles. The molecule has 28 heavy (non-hydrogen) atoms. The van der Waals surface area contributed by atoms with E-state index >= 15 is 0 Å². The van der Waals surface area contributed by atoms with Gasteiger partial charge in [-0.05, 0) is 64.8 Å². The highest BCUT2D eigenvalue weighted by molar-refractivity contribution is 9.10. The number of benzene rings is 3. The second-order valence-corrected chi connectivity index (χ2v) is 8.05. The molecule has 0 spiro atoms. The van der Waals surface area contributed by atoms with Gasteiger partial charge in [0.1, 0.15) is 6.61 Å². The fourth-order valence-corrected chi connectivity index (χ4v) is 3.75. The van der Waals surface area contributed by atoms with E-state index in [0.717, 1.165) is 21.3 Å². The third-order valence-corrected chi connectivity index (χ3v) is 5.40. The molecule has 0 radical (unpaired) electrons. The number of aryl methyl sites for hydroxylation is 1. The van der Waals surface area contributed by atoms with Gasteiger partial charge in [0.05, 0.1) is 11.6 Å². The lowest BCUT2D eigenvalue weighted by Gasteiger charge is -2.16. The highest BCUT2D eigenvalue weighted by Crippen LogP contribution is 2.38. The lowest BCUT2D eigenvalue weighted by molar-refractivity contribution is 0.282. The standard InChI is InChI=1S/C22H20BrCl2NO2/c1-14-3-7-18(8-4-14)26-12-15-9-19(23)22(21(10-15)27-2)28-13-16-5-6-17(24)11-20(16)25/h3-11,26H,12-13H2,1-2H3. The van der Waals surface area contributed by atoms with Crippen molar-refractivity contribution in [2.24, 2.45) is 0 Å². The minimum absolute atomic E-state index is 0.311. The quantitative estimate of drug-likeness (QED) is 0.385. The van der Waals surface area contributed by atoms with Crippen LogP contribution in [0.1, 0.15) is 16.7 Å². The highest BCUT2D eigenvalue weighted by Gasteiger charge is 2.13. The highest BCUT2D eigenvalue weighted by atomic mass is 79.9. The molecule has 0 unspecified atom stereocenters. The molecule has 3 rings (SSSR count). The van der Waals surface area contributed by atoms with Crippen LogP contribution in [0.15, 0.2) is 59.1 Å². The van der Waals surface area contributed by atoms with Crippen LogP contribution in [0.5, 0.6) is 11.5 Å². The van der Waals surface area contributed by atoms with Crippen LogP contribution in [0.2, 0.25) is 10.0 Å². The van der Waals surface area contributed by atoms with Gasteiger partial charge in [-0.25, -0.2) is 0 Å². The number of hydrogen-bond acceptors (Lipinski definition) is 3. The maximum atomic E-state index is 6.23. The molecule has 3 aromatic carbocycles. The molecule has 0 amide bonds. The zero-order valence-electron chi connectivity index (χ0n) is 15.6. The predicted molar refractivity (Wildman–Crippen MR) is 120 cm³/mol. The molecule has 0 aliphatic rings. The number of nitrogens with one attached hydrogen (secondary N) is 1. The average Bonchev–Trinajstić information content (AvgIpc) is 2.67. The van der Waals surface area contributed by atoms with Gasteiger partial charge in [0.25, 0.3) is 0 Å². The van der Waals surface area contributed by atoms with E-state index in [9.17, 15) is 0 Å². The molecule has 146 valence electrons. The molecule has 0 fully saturated rings. The smallest absolute Gasteiger partial charge is 0.175 e.